The molecule has 4 aliphatic carbocycles. The molecule has 0 unspecified atom stereocenters. The molecule has 0 saturated carbocycles. The Kier molecular flexibility index (Phi) is 13.3. The fourth-order valence-electron chi connectivity index (χ4n) is 4.23. The van der Waals surface area contributed by atoms with E-state index in [1.54, 1.807) is 19.8 Å². The summed E-state index contributed by atoms with van der Waals surface area (Å²) >= 11 is -3.38. The topological polar surface area (TPSA) is 0 Å². The number of allylic oxidation sites excluding steroid dienone is 16. The van der Waals surface area contributed by atoms with Gasteiger partial charge < -0.3 is 0 Å². The number of hydrogen-bond donors (Lipinski definition) is 0. The van der Waals surface area contributed by atoms with Gasteiger partial charge in [-0.3, -0.25) is 0 Å². The molecule has 30 heavy (non-hydrogen) atoms. The molecule has 0 radical (unpaired) electrons. The van der Waals surface area contributed by atoms with Gasteiger partial charge in [-0.25, -0.2) is 0 Å². The Hall–Kier alpha value is -0.0197. The minimum atomic E-state index is -1.69. The SMILES string of the molecule is C[C](C)=[Hf]([C]1=CC=CC1)[C]1=CC=CC1.C[C](C)=[Hf]([C]1=CC=CC1)[C]1=CC=CC1.Cl.Cl. The monoisotopic (exact) mass is 776 g/mol. The molecule has 0 aromatic rings. The first kappa shape index (κ1) is 28.0. The Bertz CT molecular complexity index is 796. The zero-order chi connectivity index (χ0) is 19.9. The summed E-state index contributed by atoms with van der Waals surface area (Å²) in [6.07, 6.45) is 32.5. The Morgan fingerprint density at radius 2 is 0.733 bits per heavy atom. The number of halogens is 2. The molecular weight excluding hydrogens is 740 g/mol. The van der Waals surface area contributed by atoms with Crippen molar-refractivity contribution in [1.29, 1.82) is 0 Å². The van der Waals surface area contributed by atoms with Crippen LogP contribution < -0.4 is 0 Å². The third-order valence-electron chi connectivity index (χ3n) is 5.37. The summed E-state index contributed by atoms with van der Waals surface area (Å²) in [5, 5.41) is 0. The molecule has 0 saturated heterocycles. The minimum absolute atomic E-state index is 0. The second kappa shape index (κ2) is 14.2. The molecule has 0 fully saturated rings. The quantitative estimate of drug-likeness (QED) is 0.256. The van der Waals surface area contributed by atoms with Gasteiger partial charge in [-0.2, -0.15) is 0 Å². The van der Waals surface area contributed by atoms with E-state index in [2.05, 4.69) is 101 Å². The predicted octanol–water partition coefficient (Wildman–Crippen LogP) is 7.85. The van der Waals surface area contributed by atoms with E-state index in [1.807, 2.05) is 0 Å². The van der Waals surface area contributed by atoms with Crippen LogP contribution in [0.1, 0.15) is 53.4 Å². The molecule has 4 heteroatoms. The molecule has 0 heterocycles. The van der Waals surface area contributed by atoms with Crippen LogP contribution in [0.25, 0.3) is 0 Å². The summed E-state index contributed by atoms with van der Waals surface area (Å²) in [6.45, 7) is 9.33. The van der Waals surface area contributed by atoms with Crippen molar-refractivity contribution in [2.75, 3.05) is 0 Å². The Morgan fingerprint density at radius 1 is 0.500 bits per heavy atom. The minimum Gasteiger partial charge on any atom is -0.147 e. The Balaban J connectivity index is 0.000000281. The van der Waals surface area contributed by atoms with Crippen LogP contribution in [-0.2, 0) is 41.9 Å². The summed E-state index contributed by atoms with van der Waals surface area (Å²) in [4.78, 5) is 0. The van der Waals surface area contributed by atoms with Crippen LogP contribution in [0.4, 0.5) is 0 Å². The fraction of sp³-hybridized carbons (Fsp3) is 0.308. The van der Waals surface area contributed by atoms with E-state index < -0.39 is 41.9 Å². The first-order chi connectivity index (χ1) is 13.6. The molecule has 0 aliphatic heterocycles. The molecule has 0 spiro atoms. The van der Waals surface area contributed by atoms with E-state index >= 15 is 0 Å². The maximum atomic E-state index is 2.37. The Morgan fingerprint density at radius 3 is 0.867 bits per heavy atom. The van der Waals surface area contributed by atoms with Crippen molar-refractivity contribution in [1.82, 2.24) is 0 Å². The van der Waals surface area contributed by atoms with Gasteiger partial charge in [-0.15, -0.1) is 24.8 Å². The maximum absolute atomic E-state index is 2.37. The van der Waals surface area contributed by atoms with Crippen molar-refractivity contribution < 1.29 is 41.9 Å². The van der Waals surface area contributed by atoms with E-state index in [-0.39, 0.29) is 24.8 Å². The second-order valence-corrected chi connectivity index (χ2v) is 29.9. The van der Waals surface area contributed by atoms with E-state index in [0.717, 1.165) is 0 Å². The van der Waals surface area contributed by atoms with Gasteiger partial charge >= 0.3 is 188 Å². The second-order valence-electron chi connectivity index (χ2n) is 8.05. The van der Waals surface area contributed by atoms with Crippen molar-refractivity contribution in [2.45, 2.75) is 53.4 Å². The summed E-state index contributed by atoms with van der Waals surface area (Å²) in [6, 6.07) is 0. The van der Waals surface area contributed by atoms with Crippen LogP contribution >= 0.6 is 24.8 Å². The van der Waals surface area contributed by atoms with Gasteiger partial charge in [-0.1, -0.05) is 0 Å². The average Bonchev–Trinajstić information content (AvgIpc) is 3.46. The summed E-state index contributed by atoms with van der Waals surface area (Å²) < 4.78 is 10.5. The molecule has 0 atom stereocenters. The predicted molar refractivity (Wildman–Crippen MR) is 135 cm³/mol. The summed E-state index contributed by atoms with van der Waals surface area (Å²) in [5.41, 5.74) is 0. The normalized spacial score (nSPS) is 17.2. The van der Waals surface area contributed by atoms with Gasteiger partial charge in [0, 0.05) is 0 Å². The molecule has 0 aromatic heterocycles. The van der Waals surface area contributed by atoms with Gasteiger partial charge in [0.15, 0.2) is 0 Å². The molecule has 0 amide bonds. The molecule has 0 aromatic carbocycles. The van der Waals surface area contributed by atoms with E-state index in [1.165, 1.54) is 25.7 Å². The third-order valence-corrected chi connectivity index (χ3v) is 27.1. The molecule has 0 N–H and O–H groups in total. The van der Waals surface area contributed by atoms with E-state index in [4.69, 9.17) is 0 Å². The fourth-order valence-corrected chi connectivity index (χ4v) is 24.8. The first-order valence-electron chi connectivity index (χ1n) is 10.4. The molecular formula is C26H34Cl2Hf2. The van der Waals surface area contributed by atoms with E-state index in [9.17, 15) is 0 Å². The van der Waals surface area contributed by atoms with Crippen LogP contribution in [0.2, 0.25) is 0 Å². The van der Waals surface area contributed by atoms with Gasteiger partial charge in [0.1, 0.15) is 0 Å². The zero-order valence-corrected chi connectivity index (χ0v) is 27.4. The van der Waals surface area contributed by atoms with Gasteiger partial charge in [0.05, 0.1) is 0 Å². The maximum Gasteiger partial charge on any atom is -0.147 e. The number of rotatable bonds is 4. The summed E-state index contributed by atoms with van der Waals surface area (Å²) in [5.74, 6) is 0. The molecule has 160 valence electrons. The van der Waals surface area contributed by atoms with Crippen LogP contribution in [-0.4, -0.2) is 6.51 Å². The molecule has 4 aliphatic rings. The molecule has 4 rings (SSSR count). The first-order valence-corrected chi connectivity index (χ1v) is 21.1. The number of hydrogen-bond acceptors (Lipinski definition) is 0. The van der Waals surface area contributed by atoms with E-state index in [0.29, 0.717) is 0 Å². The van der Waals surface area contributed by atoms with Gasteiger partial charge in [-0.05, 0) is 0 Å². The van der Waals surface area contributed by atoms with Crippen molar-refractivity contribution in [3.8, 4) is 0 Å². The molecule has 0 bridgehead atoms. The van der Waals surface area contributed by atoms with Crippen molar-refractivity contribution in [2.24, 2.45) is 0 Å². The largest absolute Gasteiger partial charge is 0.147 e. The van der Waals surface area contributed by atoms with Crippen LogP contribution in [0.5, 0.6) is 0 Å². The van der Waals surface area contributed by atoms with Crippen LogP contribution in [0.3, 0.4) is 0 Å². The average molecular weight is 774 g/mol. The standard InChI is InChI=1S/4C5H5.2C3H6.2ClH.2Hf/c4*1-2-4-5-3-1;2*1-3-2;;;;/h4*1-3H,4H2;2*1-2H3;2*1H;;. The zero-order valence-electron chi connectivity index (χ0n) is 18.6. The molecule has 0 nitrogen and oxygen atoms in total. The van der Waals surface area contributed by atoms with Crippen molar-refractivity contribution in [3.63, 3.8) is 0 Å². The van der Waals surface area contributed by atoms with Crippen LogP contribution in [0, 0.1) is 0 Å². The van der Waals surface area contributed by atoms with Crippen molar-refractivity contribution in [3.05, 3.63) is 86.2 Å². The van der Waals surface area contributed by atoms with Crippen molar-refractivity contribution >= 4 is 31.3 Å². The third kappa shape index (κ3) is 7.54. The Labute approximate surface area is 210 Å². The summed E-state index contributed by atoms with van der Waals surface area (Å²) in [7, 11) is 0. The van der Waals surface area contributed by atoms with Crippen LogP contribution in [0.15, 0.2) is 86.2 Å². The van der Waals surface area contributed by atoms with Gasteiger partial charge in [0.2, 0.25) is 0 Å². The smallest absolute Gasteiger partial charge is 0.147 e. The van der Waals surface area contributed by atoms with Gasteiger partial charge in [0.25, 0.3) is 0 Å².